The molecule has 0 spiro atoms. The van der Waals surface area contributed by atoms with Crippen molar-refractivity contribution in [3.8, 4) is 0 Å². The quantitative estimate of drug-likeness (QED) is 0.632. The molecule has 0 N–H and O–H groups in total. The molecule has 0 aromatic carbocycles. The lowest BCUT2D eigenvalue weighted by Crippen LogP contribution is -2.30. The van der Waals surface area contributed by atoms with Crippen LogP contribution < -0.4 is 0 Å². The fraction of sp³-hybridized carbons (Fsp3) is 1.00. The first-order valence-corrected chi connectivity index (χ1v) is 4.32. The smallest absolute Gasteiger partial charge is 0.273 e. The fourth-order valence-electron chi connectivity index (χ4n) is 0.597. The van der Waals surface area contributed by atoms with Crippen molar-refractivity contribution in [3.63, 3.8) is 0 Å². The normalized spacial score (nSPS) is 13.0. The standard InChI is InChI=1S/C9H18F2O/c1-7(2)5-12-6-9(10,11)8(3)4/h7-8H,5-6H2,1-4H3. The van der Waals surface area contributed by atoms with Crippen molar-refractivity contribution in [1.82, 2.24) is 0 Å². The summed E-state index contributed by atoms with van der Waals surface area (Å²) in [5.74, 6) is -3.02. The molecule has 3 heteroatoms. The van der Waals surface area contributed by atoms with Gasteiger partial charge in [-0.1, -0.05) is 27.7 Å². The molecule has 0 aromatic rings. The summed E-state index contributed by atoms with van der Waals surface area (Å²) in [6.45, 7) is 6.82. The van der Waals surface area contributed by atoms with Gasteiger partial charge in [0.15, 0.2) is 0 Å². The Labute approximate surface area is 73.1 Å². The van der Waals surface area contributed by atoms with Crippen molar-refractivity contribution < 1.29 is 13.5 Å². The summed E-state index contributed by atoms with van der Waals surface area (Å²) in [4.78, 5) is 0. The maximum Gasteiger partial charge on any atom is 0.273 e. The second kappa shape index (κ2) is 4.75. The molecule has 0 aliphatic heterocycles. The average molecular weight is 180 g/mol. The molecule has 0 saturated carbocycles. The topological polar surface area (TPSA) is 9.23 Å². The van der Waals surface area contributed by atoms with Gasteiger partial charge in [0.25, 0.3) is 5.92 Å². The van der Waals surface area contributed by atoms with Crippen LogP contribution in [-0.4, -0.2) is 19.1 Å². The Morgan fingerprint density at radius 3 is 2.00 bits per heavy atom. The maximum absolute atomic E-state index is 12.9. The predicted molar refractivity (Wildman–Crippen MR) is 45.4 cm³/mol. The molecule has 0 heterocycles. The summed E-state index contributed by atoms with van der Waals surface area (Å²) >= 11 is 0. The van der Waals surface area contributed by atoms with Crippen molar-refractivity contribution >= 4 is 0 Å². The molecular weight excluding hydrogens is 162 g/mol. The zero-order valence-electron chi connectivity index (χ0n) is 8.23. The molecule has 0 radical (unpaired) electrons. The number of hydrogen-bond acceptors (Lipinski definition) is 1. The third kappa shape index (κ3) is 4.65. The van der Waals surface area contributed by atoms with Gasteiger partial charge in [-0.15, -0.1) is 0 Å². The van der Waals surface area contributed by atoms with Crippen LogP contribution >= 0.6 is 0 Å². The zero-order chi connectivity index (χ0) is 9.78. The lowest BCUT2D eigenvalue weighted by molar-refractivity contribution is -0.111. The largest absolute Gasteiger partial charge is 0.375 e. The van der Waals surface area contributed by atoms with Crippen LogP contribution in [0.3, 0.4) is 0 Å². The minimum atomic E-state index is -2.69. The van der Waals surface area contributed by atoms with E-state index in [4.69, 9.17) is 4.74 Å². The van der Waals surface area contributed by atoms with Gasteiger partial charge in [0.05, 0.1) is 0 Å². The van der Waals surface area contributed by atoms with E-state index in [0.717, 1.165) is 0 Å². The van der Waals surface area contributed by atoms with E-state index in [1.54, 1.807) is 0 Å². The monoisotopic (exact) mass is 180 g/mol. The Morgan fingerprint density at radius 1 is 1.17 bits per heavy atom. The molecule has 0 saturated heterocycles. The van der Waals surface area contributed by atoms with Crippen molar-refractivity contribution in [2.75, 3.05) is 13.2 Å². The second-order valence-corrected chi connectivity index (χ2v) is 3.82. The van der Waals surface area contributed by atoms with Gasteiger partial charge in [0, 0.05) is 12.5 Å². The van der Waals surface area contributed by atoms with Crippen LogP contribution in [0.25, 0.3) is 0 Å². The van der Waals surface area contributed by atoms with E-state index < -0.39 is 18.4 Å². The number of ether oxygens (including phenoxy) is 1. The van der Waals surface area contributed by atoms with Gasteiger partial charge in [0.2, 0.25) is 0 Å². The van der Waals surface area contributed by atoms with E-state index in [2.05, 4.69) is 0 Å². The summed E-state index contributed by atoms with van der Waals surface area (Å²) in [6.07, 6.45) is 0. The fourth-order valence-corrected chi connectivity index (χ4v) is 0.597. The van der Waals surface area contributed by atoms with Gasteiger partial charge in [-0.2, -0.15) is 0 Å². The number of halogens is 2. The molecule has 0 rings (SSSR count). The Kier molecular flexibility index (Phi) is 4.68. The van der Waals surface area contributed by atoms with Crippen LogP contribution in [0.15, 0.2) is 0 Å². The van der Waals surface area contributed by atoms with E-state index in [1.807, 2.05) is 13.8 Å². The number of rotatable bonds is 5. The van der Waals surface area contributed by atoms with Crippen LogP contribution in [0.4, 0.5) is 8.78 Å². The van der Waals surface area contributed by atoms with E-state index in [0.29, 0.717) is 12.5 Å². The number of alkyl halides is 2. The zero-order valence-corrected chi connectivity index (χ0v) is 8.23. The molecule has 0 bridgehead atoms. The van der Waals surface area contributed by atoms with Gasteiger partial charge < -0.3 is 4.74 Å². The Bertz CT molecular complexity index is 122. The van der Waals surface area contributed by atoms with Crippen LogP contribution in [0.5, 0.6) is 0 Å². The van der Waals surface area contributed by atoms with Crippen molar-refractivity contribution in [2.45, 2.75) is 33.6 Å². The summed E-state index contributed by atoms with van der Waals surface area (Å²) in [5, 5.41) is 0. The number of hydrogen-bond donors (Lipinski definition) is 0. The lowest BCUT2D eigenvalue weighted by atomic mass is 10.1. The predicted octanol–water partition coefficient (Wildman–Crippen LogP) is 2.95. The third-order valence-electron chi connectivity index (χ3n) is 1.59. The van der Waals surface area contributed by atoms with E-state index in [9.17, 15) is 8.78 Å². The van der Waals surface area contributed by atoms with Crippen molar-refractivity contribution in [2.24, 2.45) is 11.8 Å². The van der Waals surface area contributed by atoms with Gasteiger partial charge >= 0.3 is 0 Å². The van der Waals surface area contributed by atoms with Gasteiger partial charge in [-0.05, 0) is 5.92 Å². The summed E-state index contributed by atoms with van der Waals surface area (Å²) in [7, 11) is 0. The van der Waals surface area contributed by atoms with Gasteiger partial charge in [-0.25, -0.2) is 8.78 Å². The highest BCUT2D eigenvalue weighted by Gasteiger charge is 2.33. The average Bonchev–Trinajstić information content (AvgIpc) is 1.85. The highest BCUT2D eigenvalue weighted by molar-refractivity contribution is 4.69. The highest BCUT2D eigenvalue weighted by Crippen LogP contribution is 2.24. The van der Waals surface area contributed by atoms with Crippen molar-refractivity contribution in [3.05, 3.63) is 0 Å². The molecule has 0 amide bonds. The Hall–Kier alpha value is -0.180. The van der Waals surface area contributed by atoms with Crippen LogP contribution in [-0.2, 0) is 4.74 Å². The SMILES string of the molecule is CC(C)COCC(F)(F)C(C)C. The molecular formula is C9H18F2O. The van der Waals surface area contributed by atoms with Crippen LogP contribution in [0.1, 0.15) is 27.7 Å². The minimum absolute atomic E-state index is 0.313. The van der Waals surface area contributed by atoms with E-state index in [-0.39, 0.29) is 0 Å². The molecule has 0 unspecified atom stereocenters. The summed E-state index contributed by atoms with van der Waals surface area (Å²) in [5.41, 5.74) is 0. The van der Waals surface area contributed by atoms with E-state index in [1.165, 1.54) is 13.8 Å². The third-order valence-corrected chi connectivity index (χ3v) is 1.59. The first kappa shape index (κ1) is 11.8. The lowest BCUT2D eigenvalue weighted by Gasteiger charge is -2.20. The van der Waals surface area contributed by atoms with Crippen LogP contribution in [0, 0.1) is 11.8 Å². The molecule has 0 aromatic heterocycles. The molecule has 1 nitrogen and oxygen atoms in total. The molecule has 0 aliphatic rings. The van der Waals surface area contributed by atoms with Gasteiger partial charge in [-0.3, -0.25) is 0 Å². The highest BCUT2D eigenvalue weighted by atomic mass is 19.3. The summed E-state index contributed by atoms with van der Waals surface area (Å²) < 4.78 is 30.6. The molecule has 0 aliphatic carbocycles. The van der Waals surface area contributed by atoms with Gasteiger partial charge in [0.1, 0.15) is 6.61 Å². The maximum atomic E-state index is 12.9. The molecule has 12 heavy (non-hydrogen) atoms. The minimum Gasteiger partial charge on any atom is -0.375 e. The second-order valence-electron chi connectivity index (χ2n) is 3.82. The molecule has 74 valence electrons. The van der Waals surface area contributed by atoms with Crippen molar-refractivity contribution in [1.29, 1.82) is 0 Å². The first-order valence-electron chi connectivity index (χ1n) is 4.32. The molecule has 0 atom stereocenters. The molecule has 0 fully saturated rings. The van der Waals surface area contributed by atoms with E-state index >= 15 is 0 Å². The summed E-state index contributed by atoms with van der Waals surface area (Å²) in [6, 6.07) is 0. The Morgan fingerprint density at radius 2 is 1.67 bits per heavy atom. The first-order chi connectivity index (χ1) is 5.36. The Balaban J connectivity index is 3.61. The van der Waals surface area contributed by atoms with Crippen LogP contribution in [0.2, 0.25) is 0 Å².